The van der Waals surface area contributed by atoms with Crippen LogP contribution in [0.1, 0.15) is 23.2 Å². The molecule has 2 aromatic rings. The van der Waals surface area contributed by atoms with Crippen molar-refractivity contribution in [1.29, 1.82) is 0 Å². The van der Waals surface area contributed by atoms with Crippen LogP contribution in [0.2, 0.25) is 0 Å². The van der Waals surface area contributed by atoms with Crippen molar-refractivity contribution in [1.82, 2.24) is 4.90 Å². The molecule has 3 rings (SSSR count). The monoisotopic (exact) mass is 421 g/mol. The number of nitrogens with zero attached hydrogens (tertiary/aromatic N) is 2. The average molecular weight is 421 g/mol. The Morgan fingerprint density at radius 2 is 1.77 bits per heavy atom. The molecule has 1 heterocycles. The van der Waals surface area contributed by atoms with Crippen molar-refractivity contribution in [2.45, 2.75) is 19.2 Å². The first kappa shape index (κ1) is 21.6. The first-order chi connectivity index (χ1) is 14.2. The van der Waals surface area contributed by atoms with E-state index in [0.717, 1.165) is 36.9 Å². The molecule has 1 fully saturated rings. The van der Waals surface area contributed by atoms with Crippen LogP contribution in [-0.4, -0.2) is 43.2 Å². The SMILES string of the molecule is CN1CCC(C(=O)c2cccc(N(C(N)=O)c3ccccc3OC(F)(F)F)c2)CC1. The summed E-state index contributed by atoms with van der Waals surface area (Å²) >= 11 is 0. The van der Waals surface area contributed by atoms with Crippen LogP contribution >= 0.6 is 0 Å². The molecule has 160 valence electrons. The van der Waals surface area contributed by atoms with E-state index in [1.54, 1.807) is 12.1 Å². The first-order valence-electron chi connectivity index (χ1n) is 9.43. The second kappa shape index (κ2) is 8.74. The van der Waals surface area contributed by atoms with Crippen LogP contribution in [0.25, 0.3) is 0 Å². The van der Waals surface area contributed by atoms with Gasteiger partial charge in [-0.2, -0.15) is 0 Å². The lowest BCUT2D eigenvalue weighted by atomic mass is 9.89. The number of hydrogen-bond donors (Lipinski definition) is 1. The van der Waals surface area contributed by atoms with Gasteiger partial charge in [0.05, 0.1) is 11.4 Å². The maximum Gasteiger partial charge on any atom is 0.573 e. The highest BCUT2D eigenvalue weighted by Gasteiger charge is 2.33. The van der Waals surface area contributed by atoms with E-state index in [4.69, 9.17) is 5.73 Å². The van der Waals surface area contributed by atoms with Gasteiger partial charge in [-0.05, 0) is 57.2 Å². The summed E-state index contributed by atoms with van der Waals surface area (Å²) in [6, 6.07) is 10.4. The number of likely N-dealkylation sites (tertiary alicyclic amines) is 1. The van der Waals surface area contributed by atoms with E-state index in [9.17, 15) is 22.8 Å². The van der Waals surface area contributed by atoms with E-state index >= 15 is 0 Å². The lowest BCUT2D eigenvalue weighted by Crippen LogP contribution is -2.34. The molecule has 30 heavy (non-hydrogen) atoms. The van der Waals surface area contributed by atoms with Crippen molar-refractivity contribution in [3.63, 3.8) is 0 Å². The van der Waals surface area contributed by atoms with Crippen molar-refractivity contribution in [3.8, 4) is 5.75 Å². The average Bonchev–Trinajstić information content (AvgIpc) is 2.68. The number of ether oxygens (including phenoxy) is 1. The fourth-order valence-electron chi connectivity index (χ4n) is 3.54. The quantitative estimate of drug-likeness (QED) is 0.730. The van der Waals surface area contributed by atoms with Gasteiger partial charge in [0.1, 0.15) is 0 Å². The van der Waals surface area contributed by atoms with Gasteiger partial charge in [-0.25, -0.2) is 4.79 Å². The molecule has 2 N–H and O–H groups in total. The van der Waals surface area contributed by atoms with Gasteiger partial charge in [0, 0.05) is 11.5 Å². The van der Waals surface area contributed by atoms with Crippen LogP contribution in [0.3, 0.4) is 0 Å². The molecule has 0 bridgehead atoms. The Labute approximate surface area is 172 Å². The van der Waals surface area contributed by atoms with Crippen molar-refractivity contribution in [2.24, 2.45) is 11.7 Å². The third-order valence-corrected chi connectivity index (χ3v) is 5.03. The number of anilines is 2. The second-order valence-electron chi connectivity index (χ2n) is 7.18. The third-order valence-electron chi connectivity index (χ3n) is 5.03. The zero-order valence-electron chi connectivity index (χ0n) is 16.4. The fourth-order valence-corrected chi connectivity index (χ4v) is 3.54. The van der Waals surface area contributed by atoms with E-state index in [-0.39, 0.29) is 23.1 Å². The Bertz CT molecular complexity index is 925. The van der Waals surface area contributed by atoms with E-state index in [2.05, 4.69) is 9.64 Å². The summed E-state index contributed by atoms with van der Waals surface area (Å²) in [4.78, 5) is 28.1. The van der Waals surface area contributed by atoms with Gasteiger partial charge in [0.2, 0.25) is 0 Å². The number of hydrogen-bond acceptors (Lipinski definition) is 4. The largest absolute Gasteiger partial charge is 0.573 e. The molecular weight excluding hydrogens is 399 g/mol. The number of alkyl halides is 3. The number of carbonyl (C=O) groups excluding carboxylic acids is 2. The number of nitrogens with two attached hydrogens (primary N) is 1. The van der Waals surface area contributed by atoms with E-state index in [1.165, 1.54) is 30.3 Å². The molecule has 0 aromatic heterocycles. The zero-order valence-corrected chi connectivity index (χ0v) is 16.4. The number of Topliss-reactive ketones (excluding diaryl/α,β-unsaturated/α-hetero) is 1. The number of primary amides is 1. The summed E-state index contributed by atoms with van der Waals surface area (Å²) in [5.74, 6) is -0.774. The number of halogens is 3. The normalized spacial score (nSPS) is 15.6. The fraction of sp³-hybridized carbons (Fsp3) is 0.333. The second-order valence-corrected chi connectivity index (χ2v) is 7.18. The van der Waals surface area contributed by atoms with Crippen molar-refractivity contribution >= 4 is 23.2 Å². The Morgan fingerprint density at radius 1 is 1.10 bits per heavy atom. The summed E-state index contributed by atoms with van der Waals surface area (Å²) in [6.07, 6.45) is -3.49. The lowest BCUT2D eigenvalue weighted by Gasteiger charge is -2.28. The Kier molecular flexibility index (Phi) is 6.31. The molecule has 9 heteroatoms. The van der Waals surface area contributed by atoms with Gasteiger partial charge in [-0.15, -0.1) is 13.2 Å². The predicted molar refractivity (Wildman–Crippen MR) is 106 cm³/mol. The van der Waals surface area contributed by atoms with E-state index < -0.39 is 18.1 Å². The summed E-state index contributed by atoms with van der Waals surface area (Å²) in [6.45, 7) is 1.62. The van der Waals surface area contributed by atoms with Crippen LogP contribution in [0.4, 0.5) is 29.3 Å². The van der Waals surface area contributed by atoms with E-state index in [1.807, 2.05) is 7.05 Å². The third kappa shape index (κ3) is 5.10. The lowest BCUT2D eigenvalue weighted by molar-refractivity contribution is -0.274. The van der Waals surface area contributed by atoms with Crippen LogP contribution in [0.5, 0.6) is 5.75 Å². The molecule has 2 aromatic carbocycles. The van der Waals surface area contributed by atoms with Crippen LogP contribution in [0.15, 0.2) is 48.5 Å². The molecule has 0 atom stereocenters. The molecule has 1 aliphatic rings. The first-order valence-corrected chi connectivity index (χ1v) is 9.43. The molecule has 1 aliphatic heterocycles. The molecule has 6 nitrogen and oxygen atoms in total. The highest BCUT2D eigenvalue weighted by Crippen LogP contribution is 2.37. The van der Waals surface area contributed by atoms with Crippen molar-refractivity contribution in [2.75, 3.05) is 25.0 Å². The molecule has 2 amide bonds. The summed E-state index contributed by atoms with van der Waals surface area (Å²) in [5.41, 5.74) is 5.86. The zero-order chi connectivity index (χ0) is 21.9. The minimum Gasteiger partial charge on any atom is -0.404 e. The van der Waals surface area contributed by atoms with Crippen molar-refractivity contribution in [3.05, 3.63) is 54.1 Å². The molecule has 1 saturated heterocycles. The topological polar surface area (TPSA) is 75.9 Å². The number of amides is 2. The van der Waals surface area contributed by atoms with Gasteiger partial charge in [0.15, 0.2) is 11.5 Å². The molecule has 0 radical (unpaired) electrons. The molecular formula is C21H22F3N3O3. The highest BCUT2D eigenvalue weighted by atomic mass is 19.4. The molecule has 0 spiro atoms. The maximum atomic E-state index is 12.9. The van der Waals surface area contributed by atoms with Crippen LogP contribution in [-0.2, 0) is 0 Å². The Morgan fingerprint density at radius 3 is 2.40 bits per heavy atom. The van der Waals surface area contributed by atoms with E-state index in [0.29, 0.717) is 5.56 Å². The molecule has 0 unspecified atom stereocenters. The number of para-hydroxylation sites is 2. The molecule has 0 aliphatic carbocycles. The summed E-state index contributed by atoms with van der Waals surface area (Å²) in [5, 5.41) is 0. The van der Waals surface area contributed by atoms with Gasteiger partial charge in [0.25, 0.3) is 0 Å². The number of ketones is 1. The van der Waals surface area contributed by atoms with Crippen LogP contribution in [0, 0.1) is 5.92 Å². The highest BCUT2D eigenvalue weighted by molar-refractivity contribution is 6.03. The van der Waals surface area contributed by atoms with Gasteiger partial charge in [-0.1, -0.05) is 24.3 Å². The number of benzene rings is 2. The van der Waals surface area contributed by atoms with Crippen LogP contribution < -0.4 is 15.4 Å². The number of rotatable bonds is 5. The maximum absolute atomic E-state index is 12.9. The number of carbonyl (C=O) groups is 2. The predicted octanol–water partition coefficient (Wildman–Crippen LogP) is 4.33. The standard InChI is InChI=1S/C21H22F3N3O3/c1-26-11-9-14(10-12-26)19(28)15-5-4-6-16(13-15)27(20(25)29)17-7-2-3-8-18(17)30-21(22,23)24/h2-8,13-14H,9-12H2,1H3,(H2,25,29). The number of piperidine rings is 1. The van der Waals surface area contributed by atoms with Crippen molar-refractivity contribution < 1.29 is 27.5 Å². The smallest absolute Gasteiger partial charge is 0.404 e. The Hall–Kier alpha value is -3.07. The minimum absolute atomic E-state index is 0.0609. The summed E-state index contributed by atoms with van der Waals surface area (Å²) in [7, 11) is 1.99. The van der Waals surface area contributed by atoms with Gasteiger partial charge >= 0.3 is 12.4 Å². The van der Waals surface area contributed by atoms with Gasteiger partial charge in [-0.3, -0.25) is 9.69 Å². The number of urea groups is 1. The Balaban J connectivity index is 1.94. The molecule has 0 saturated carbocycles. The minimum atomic E-state index is -4.94. The summed E-state index contributed by atoms with van der Waals surface area (Å²) < 4.78 is 42.4. The van der Waals surface area contributed by atoms with Gasteiger partial charge < -0.3 is 15.4 Å².